The van der Waals surface area contributed by atoms with Crippen LogP contribution in [0.15, 0.2) is 48.8 Å². The normalized spacial score (nSPS) is 14.4. The molecule has 8 heteroatoms. The van der Waals surface area contributed by atoms with E-state index in [1.807, 2.05) is 42.2 Å². The summed E-state index contributed by atoms with van der Waals surface area (Å²) < 4.78 is 5.98. The quantitative estimate of drug-likeness (QED) is 0.671. The lowest BCUT2D eigenvalue weighted by Crippen LogP contribution is -2.25. The van der Waals surface area contributed by atoms with E-state index < -0.39 is 0 Å². The van der Waals surface area contributed by atoms with Gasteiger partial charge in [0.05, 0.1) is 17.9 Å². The fourth-order valence-electron chi connectivity index (χ4n) is 4.20. The molecule has 2 aromatic heterocycles. The van der Waals surface area contributed by atoms with Gasteiger partial charge < -0.3 is 19.9 Å². The lowest BCUT2D eigenvalue weighted by atomic mass is 10.1. The second kappa shape index (κ2) is 7.96. The molecule has 2 aliphatic rings. The largest absolute Gasteiger partial charge is 0.493 e. The SMILES string of the molecule is CCN1c2ncc(CCOc3cccc4c3CNC4=O)cc2C(=O)N(C)c2cccnc21. The highest BCUT2D eigenvalue weighted by Crippen LogP contribution is 2.37. The molecule has 8 nitrogen and oxygen atoms in total. The van der Waals surface area contributed by atoms with E-state index in [4.69, 9.17) is 4.74 Å². The number of fused-ring (bicyclic) bond motifs is 3. The number of anilines is 3. The maximum Gasteiger partial charge on any atom is 0.261 e. The Kier molecular flexibility index (Phi) is 4.97. The summed E-state index contributed by atoms with van der Waals surface area (Å²) in [5.41, 5.74) is 3.75. The molecular formula is C24H23N5O3. The van der Waals surface area contributed by atoms with Crippen molar-refractivity contribution in [3.05, 3.63) is 71.0 Å². The number of nitrogens with zero attached hydrogens (tertiary/aromatic N) is 4. The highest BCUT2D eigenvalue weighted by molar-refractivity contribution is 6.12. The summed E-state index contributed by atoms with van der Waals surface area (Å²) >= 11 is 0. The Balaban J connectivity index is 1.39. The Bertz CT molecular complexity index is 1230. The number of amides is 2. The van der Waals surface area contributed by atoms with Crippen LogP contribution in [-0.2, 0) is 13.0 Å². The summed E-state index contributed by atoms with van der Waals surface area (Å²) in [5.74, 6) is 1.84. The minimum atomic E-state index is -0.120. The van der Waals surface area contributed by atoms with Crippen molar-refractivity contribution in [2.75, 3.05) is 30.0 Å². The Hall–Kier alpha value is -3.94. The zero-order chi connectivity index (χ0) is 22.2. The Labute approximate surface area is 185 Å². The van der Waals surface area contributed by atoms with E-state index in [9.17, 15) is 9.59 Å². The third-order valence-electron chi connectivity index (χ3n) is 5.87. The van der Waals surface area contributed by atoms with E-state index in [0.29, 0.717) is 54.6 Å². The highest BCUT2D eigenvalue weighted by atomic mass is 16.5. The number of carbonyl (C=O) groups is 2. The molecule has 0 spiro atoms. The number of benzene rings is 1. The number of hydrogen-bond acceptors (Lipinski definition) is 6. The topological polar surface area (TPSA) is 87.7 Å². The molecule has 0 atom stereocenters. The van der Waals surface area contributed by atoms with Gasteiger partial charge in [0.2, 0.25) is 0 Å². The van der Waals surface area contributed by atoms with Gasteiger partial charge in [-0.1, -0.05) is 6.07 Å². The van der Waals surface area contributed by atoms with Crippen LogP contribution in [0.5, 0.6) is 5.75 Å². The van der Waals surface area contributed by atoms with E-state index in [-0.39, 0.29) is 11.8 Å². The predicted molar refractivity (Wildman–Crippen MR) is 121 cm³/mol. The Morgan fingerprint density at radius 1 is 1.09 bits per heavy atom. The van der Waals surface area contributed by atoms with E-state index in [1.165, 1.54) is 0 Å². The van der Waals surface area contributed by atoms with Crippen LogP contribution in [0.3, 0.4) is 0 Å². The van der Waals surface area contributed by atoms with Crippen molar-refractivity contribution in [3.63, 3.8) is 0 Å². The van der Waals surface area contributed by atoms with Crippen molar-refractivity contribution in [1.29, 1.82) is 0 Å². The molecule has 32 heavy (non-hydrogen) atoms. The van der Waals surface area contributed by atoms with Crippen LogP contribution in [0.25, 0.3) is 0 Å². The van der Waals surface area contributed by atoms with Crippen molar-refractivity contribution >= 4 is 29.1 Å². The molecule has 162 valence electrons. The zero-order valence-electron chi connectivity index (χ0n) is 18.0. The molecule has 4 heterocycles. The summed E-state index contributed by atoms with van der Waals surface area (Å²) in [5, 5.41) is 2.82. The second-order valence-electron chi connectivity index (χ2n) is 7.73. The van der Waals surface area contributed by atoms with Crippen LogP contribution in [-0.4, -0.2) is 42.0 Å². The van der Waals surface area contributed by atoms with Gasteiger partial charge in [-0.15, -0.1) is 0 Å². The fraction of sp³-hybridized carbons (Fsp3) is 0.250. The van der Waals surface area contributed by atoms with Crippen molar-refractivity contribution in [2.24, 2.45) is 0 Å². The van der Waals surface area contributed by atoms with Crippen molar-refractivity contribution in [2.45, 2.75) is 19.9 Å². The Morgan fingerprint density at radius 3 is 2.81 bits per heavy atom. The molecule has 2 amide bonds. The molecular weight excluding hydrogens is 406 g/mol. The van der Waals surface area contributed by atoms with Crippen LogP contribution in [0.2, 0.25) is 0 Å². The van der Waals surface area contributed by atoms with Crippen LogP contribution in [0.4, 0.5) is 17.3 Å². The van der Waals surface area contributed by atoms with Gasteiger partial charge in [0.15, 0.2) is 5.82 Å². The average Bonchev–Trinajstić information content (AvgIpc) is 3.17. The first kappa shape index (κ1) is 20.0. The van der Waals surface area contributed by atoms with Crippen LogP contribution in [0.1, 0.15) is 38.8 Å². The Morgan fingerprint density at radius 2 is 1.97 bits per heavy atom. The summed E-state index contributed by atoms with van der Waals surface area (Å²) in [7, 11) is 1.76. The first-order valence-corrected chi connectivity index (χ1v) is 10.6. The predicted octanol–water partition coefficient (Wildman–Crippen LogP) is 3.09. The molecule has 0 aliphatic carbocycles. The van der Waals surface area contributed by atoms with Crippen LogP contribution >= 0.6 is 0 Å². The van der Waals surface area contributed by atoms with E-state index in [0.717, 1.165) is 16.8 Å². The van der Waals surface area contributed by atoms with Gasteiger partial charge in [0.1, 0.15) is 11.6 Å². The maximum absolute atomic E-state index is 13.2. The molecule has 0 unspecified atom stereocenters. The third kappa shape index (κ3) is 3.24. The van der Waals surface area contributed by atoms with Gasteiger partial charge >= 0.3 is 0 Å². The first-order chi connectivity index (χ1) is 15.6. The molecule has 0 radical (unpaired) electrons. The minimum absolute atomic E-state index is 0.0704. The van der Waals surface area contributed by atoms with E-state index >= 15 is 0 Å². The van der Waals surface area contributed by atoms with Gasteiger partial charge in [-0.25, -0.2) is 9.97 Å². The molecule has 0 saturated heterocycles. The number of carbonyl (C=O) groups excluding carboxylic acids is 2. The van der Waals surface area contributed by atoms with Gasteiger partial charge in [0, 0.05) is 50.1 Å². The maximum atomic E-state index is 13.2. The molecule has 3 aromatic rings. The van der Waals surface area contributed by atoms with Gasteiger partial charge in [-0.05, 0) is 42.8 Å². The lowest BCUT2D eigenvalue weighted by Gasteiger charge is -2.22. The van der Waals surface area contributed by atoms with Crippen molar-refractivity contribution in [3.8, 4) is 5.75 Å². The smallest absolute Gasteiger partial charge is 0.261 e. The number of ether oxygens (including phenoxy) is 1. The number of hydrogen-bond donors (Lipinski definition) is 1. The molecule has 1 N–H and O–H groups in total. The summed E-state index contributed by atoms with van der Waals surface area (Å²) in [6, 6.07) is 11.1. The lowest BCUT2D eigenvalue weighted by molar-refractivity contribution is 0.0963. The molecule has 0 bridgehead atoms. The third-order valence-corrected chi connectivity index (χ3v) is 5.87. The van der Waals surface area contributed by atoms with Crippen molar-refractivity contribution in [1.82, 2.24) is 15.3 Å². The average molecular weight is 429 g/mol. The summed E-state index contributed by atoms with van der Waals surface area (Å²) in [4.78, 5) is 37.8. The number of pyridine rings is 2. The molecule has 0 fully saturated rings. The first-order valence-electron chi connectivity index (χ1n) is 10.6. The number of aromatic nitrogens is 2. The van der Waals surface area contributed by atoms with Crippen LogP contribution < -0.4 is 19.9 Å². The van der Waals surface area contributed by atoms with E-state index in [2.05, 4.69) is 15.3 Å². The monoisotopic (exact) mass is 429 g/mol. The minimum Gasteiger partial charge on any atom is -0.493 e. The summed E-state index contributed by atoms with van der Waals surface area (Å²) in [6.45, 7) is 3.54. The number of nitrogens with one attached hydrogen (secondary N) is 1. The molecule has 1 aromatic carbocycles. The molecule has 0 saturated carbocycles. The highest BCUT2D eigenvalue weighted by Gasteiger charge is 2.30. The van der Waals surface area contributed by atoms with Gasteiger partial charge in [0.25, 0.3) is 11.8 Å². The van der Waals surface area contributed by atoms with Crippen LogP contribution in [0, 0.1) is 0 Å². The van der Waals surface area contributed by atoms with Gasteiger partial charge in [-0.2, -0.15) is 0 Å². The molecule has 5 rings (SSSR count). The molecule has 2 aliphatic heterocycles. The summed E-state index contributed by atoms with van der Waals surface area (Å²) in [6.07, 6.45) is 4.09. The zero-order valence-corrected chi connectivity index (χ0v) is 18.0. The second-order valence-corrected chi connectivity index (χ2v) is 7.73. The van der Waals surface area contributed by atoms with Gasteiger partial charge in [-0.3, -0.25) is 9.59 Å². The van der Waals surface area contributed by atoms with E-state index in [1.54, 1.807) is 30.4 Å². The number of rotatable bonds is 5. The van der Waals surface area contributed by atoms with Crippen molar-refractivity contribution < 1.29 is 14.3 Å². The standard InChI is InChI=1S/C24H23N5O3/c1-3-29-21-17(24(31)28(2)19-7-5-10-25-22(19)29)12-15(13-26-21)9-11-32-20-8-4-6-16-18(20)14-27-23(16)30/h4-8,10,12-13H,3,9,11,14H2,1-2H3,(H,27,30). The fourth-order valence-corrected chi connectivity index (χ4v) is 4.20.